The van der Waals surface area contributed by atoms with Gasteiger partial charge in [-0.2, -0.15) is 0 Å². The van der Waals surface area contributed by atoms with E-state index >= 15 is 0 Å². The highest BCUT2D eigenvalue weighted by Crippen LogP contribution is 2.27. The highest BCUT2D eigenvalue weighted by atomic mass is 15.3. The van der Waals surface area contributed by atoms with Crippen LogP contribution in [-0.4, -0.2) is 60.6 Å². The Hall–Kier alpha value is -0.120. The molecule has 3 unspecified atom stereocenters. The molecule has 0 aromatic heterocycles. The van der Waals surface area contributed by atoms with E-state index in [1.807, 2.05) is 0 Å². The van der Waals surface area contributed by atoms with Crippen molar-refractivity contribution in [1.82, 2.24) is 15.1 Å². The Labute approximate surface area is 133 Å². The largest absolute Gasteiger partial charge is 0.311 e. The third kappa shape index (κ3) is 6.25. The van der Waals surface area contributed by atoms with Gasteiger partial charge in [-0.3, -0.25) is 9.80 Å². The van der Waals surface area contributed by atoms with Gasteiger partial charge in [0.25, 0.3) is 0 Å². The van der Waals surface area contributed by atoms with Gasteiger partial charge in [-0.15, -0.1) is 0 Å². The van der Waals surface area contributed by atoms with Crippen LogP contribution < -0.4 is 5.32 Å². The molecule has 1 heterocycles. The topological polar surface area (TPSA) is 18.5 Å². The highest BCUT2D eigenvalue weighted by molar-refractivity contribution is 4.89. The first kappa shape index (κ1) is 18.9. The third-order valence-corrected chi connectivity index (χ3v) is 4.94. The van der Waals surface area contributed by atoms with E-state index < -0.39 is 0 Å². The molecule has 0 aliphatic carbocycles. The Balaban J connectivity index is 2.64. The van der Waals surface area contributed by atoms with Crippen LogP contribution in [0.15, 0.2) is 0 Å². The lowest BCUT2D eigenvalue weighted by Gasteiger charge is -2.46. The molecule has 1 rings (SSSR count). The van der Waals surface area contributed by atoms with Gasteiger partial charge in [0, 0.05) is 43.8 Å². The van der Waals surface area contributed by atoms with Crippen LogP contribution in [0.4, 0.5) is 0 Å². The molecule has 0 saturated carbocycles. The van der Waals surface area contributed by atoms with E-state index in [0.717, 1.165) is 6.54 Å². The lowest BCUT2D eigenvalue weighted by atomic mass is 9.83. The van der Waals surface area contributed by atoms with E-state index in [9.17, 15) is 0 Å². The number of nitrogens with one attached hydrogen (secondary N) is 1. The summed E-state index contributed by atoms with van der Waals surface area (Å²) >= 11 is 0. The van der Waals surface area contributed by atoms with Crippen molar-refractivity contribution in [2.75, 3.05) is 33.2 Å². The smallest absolute Gasteiger partial charge is 0.0195 e. The molecule has 0 aromatic carbocycles. The van der Waals surface area contributed by atoms with Crippen molar-refractivity contribution in [1.29, 1.82) is 0 Å². The van der Waals surface area contributed by atoms with Crippen LogP contribution in [0.25, 0.3) is 0 Å². The molecule has 1 aliphatic rings. The number of hydrogen-bond donors (Lipinski definition) is 1. The Bertz CT molecular complexity index is 298. The summed E-state index contributed by atoms with van der Waals surface area (Å²) in [6.45, 7) is 21.0. The van der Waals surface area contributed by atoms with Crippen LogP contribution in [-0.2, 0) is 0 Å². The summed E-state index contributed by atoms with van der Waals surface area (Å²) in [7, 11) is 2.26. The maximum atomic E-state index is 3.73. The molecule has 126 valence electrons. The maximum absolute atomic E-state index is 3.73. The molecule has 0 bridgehead atoms. The van der Waals surface area contributed by atoms with Gasteiger partial charge in [-0.25, -0.2) is 0 Å². The van der Waals surface area contributed by atoms with Gasteiger partial charge in [0.2, 0.25) is 0 Å². The number of likely N-dealkylation sites (N-methyl/N-ethyl adjacent to an activating group) is 1. The first-order chi connectivity index (χ1) is 9.56. The summed E-state index contributed by atoms with van der Waals surface area (Å²) in [5.41, 5.74) is 0.578. The SMILES string of the molecule is CCCC(C)(CNC(C)(C)C)CN1CC(C)N(C)C(C)C1. The van der Waals surface area contributed by atoms with Crippen molar-refractivity contribution in [3.8, 4) is 0 Å². The Morgan fingerprint density at radius 2 is 1.57 bits per heavy atom. The molecule has 0 spiro atoms. The van der Waals surface area contributed by atoms with E-state index in [2.05, 4.69) is 70.6 Å². The molecule has 3 nitrogen and oxygen atoms in total. The van der Waals surface area contributed by atoms with Crippen LogP contribution in [0.2, 0.25) is 0 Å². The second kappa shape index (κ2) is 7.43. The van der Waals surface area contributed by atoms with Crippen LogP contribution >= 0.6 is 0 Å². The van der Waals surface area contributed by atoms with E-state index in [1.165, 1.54) is 32.5 Å². The second-order valence-electron chi connectivity index (χ2n) is 8.72. The maximum Gasteiger partial charge on any atom is 0.0195 e. The summed E-state index contributed by atoms with van der Waals surface area (Å²) in [6.07, 6.45) is 2.56. The van der Waals surface area contributed by atoms with Gasteiger partial charge >= 0.3 is 0 Å². The highest BCUT2D eigenvalue weighted by Gasteiger charge is 2.32. The Morgan fingerprint density at radius 1 is 1.05 bits per heavy atom. The van der Waals surface area contributed by atoms with Crippen molar-refractivity contribution in [3.63, 3.8) is 0 Å². The van der Waals surface area contributed by atoms with Crippen LogP contribution in [0.3, 0.4) is 0 Å². The number of nitrogens with zero attached hydrogens (tertiary/aromatic N) is 2. The molecular weight excluding hydrogens is 258 g/mol. The van der Waals surface area contributed by atoms with Gasteiger partial charge in [-0.1, -0.05) is 20.3 Å². The van der Waals surface area contributed by atoms with E-state index in [0.29, 0.717) is 17.5 Å². The quantitative estimate of drug-likeness (QED) is 0.812. The van der Waals surface area contributed by atoms with Gasteiger partial charge in [0.05, 0.1) is 0 Å². The molecule has 1 aliphatic heterocycles. The number of rotatable bonds is 6. The molecule has 0 radical (unpaired) electrons. The zero-order chi connectivity index (χ0) is 16.3. The first-order valence-electron chi connectivity index (χ1n) is 8.75. The van der Waals surface area contributed by atoms with Crippen LogP contribution in [0.5, 0.6) is 0 Å². The summed E-state index contributed by atoms with van der Waals surface area (Å²) < 4.78 is 0. The lowest BCUT2D eigenvalue weighted by molar-refractivity contribution is 0.0311. The van der Waals surface area contributed by atoms with Gasteiger partial charge < -0.3 is 5.32 Å². The fraction of sp³-hybridized carbons (Fsp3) is 1.00. The molecule has 3 heteroatoms. The minimum Gasteiger partial charge on any atom is -0.311 e. The molecule has 1 N–H and O–H groups in total. The molecule has 1 saturated heterocycles. The first-order valence-corrected chi connectivity index (χ1v) is 8.75. The zero-order valence-electron chi connectivity index (χ0n) is 15.8. The minimum absolute atomic E-state index is 0.206. The summed E-state index contributed by atoms with van der Waals surface area (Å²) in [4.78, 5) is 5.20. The van der Waals surface area contributed by atoms with Gasteiger partial charge in [0.15, 0.2) is 0 Å². The fourth-order valence-electron chi connectivity index (χ4n) is 3.49. The van der Waals surface area contributed by atoms with E-state index in [1.54, 1.807) is 0 Å². The van der Waals surface area contributed by atoms with Crippen LogP contribution in [0.1, 0.15) is 61.3 Å². The lowest BCUT2D eigenvalue weighted by Crippen LogP contribution is -2.57. The zero-order valence-corrected chi connectivity index (χ0v) is 15.8. The van der Waals surface area contributed by atoms with Gasteiger partial charge in [-0.05, 0) is 53.5 Å². The second-order valence-corrected chi connectivity index (χ2v) is 8.72. The van der Waals surface area contributed by atoms with Gasteiger partial charge in [0.1, 0.15) is 0 Å². The van der Waals surface area contributed by atoms with Crippen LogP contribution in [0, 0.1) is 5.41 Å². The minimum atomic E-state index is 0.206. The normalized spacial score (nSPS) is 28.6. The molecule has 3 atom stereocenters. The summed E-state index contributed by atoms with van der Waals surface area (Å²) in [5, 5.41) is 3.73. The summed E-state index contributed by atoms with van der Waals surface area (Å²) in [6, 6.07) is 1.32. The standard InChI is InChI=1S/C18H39N3/c1-9-10-18(7,13-19-17(4,5)6)14-21-11-15(2)20(8)16(3)12-21/h15-16,19H,9-14H2,1-8H3. The molecular formula is C18H39N3. The third-order valence-electron chi connectivity index (χ3n) is 4.94. The van der Waals surface area contributed by atoms with Crippen molar-refractivity contribution in [2.45, 2.75) is 78.9 Å². The van der Waals surface area contributed by atoms with Crippen molar-refractivity contribution in [2.24, 2.45) is 5.41 Å². The summed E-state index contributed by atoms with van der Waals surface area (Å²) in [5.74, 6) is 0. The van der Waals surface area contributed by atoms with Crippen molar-refractivity contribution in [3.05, 3.63) is 0 Å². The molecule has 21 heavy (non-hydrogen) atoms. The number of piperazine rings is 1. The fourth-order valence-corrected chi connectivity index (χ4v) is 3.49. The molecule has 0 amide bonds. The van der Waals surface area contributed by atoms with Crippen molar-refractivity contribution >= 4 is 0 Å². The Kier molecular flexibility index (Phi) is 6.70. The molecule has 1 fully saturated rings. The predicted octanol–water partition coefficient (Wildman–Crippen LogP) is 3.21. The van der Waals surface area contributed by atoms with E-state index in [-0.39, 0.29) is 5.54 Å². The monoisotopic (exact) mass is 297 g/mol. The van der Waals surface area contributed by atoms with Crippen molar-refractivity contribution < 1.29 is 0 Å². The average molecular weight is 298 g/mol. The average Bonchev–Trinajstić information content (AvgIpc) is 2.33. The molecule has 0 aromatic rings. The number of hydrogen-bond acceptors (Lipinski definition) is 3. The van der Waals surface area contributed by atoms with E-state index in [4.69, 9.17) is 0 Å². The Morgan fingerprint density at radius 3 is 2.00 bits per heavy atom. The predicted molar refractivity (Wildman–Crippen MR) is 93.9 cm³/mol.